The average molecular weight is 292 g/mol. The highest BCUT2D eigenvalue weighted by Gasteiger charge is 2.16. The Kier molecular flexibility index (Phi) is 4.41. The highest BCUT2D eigenvalue weighted by molar-refractivity contribution is 7.09. The minimum Gasteiger partial charge on any atom is -0.480 e. The first kappa shape index (κ1) is 14.1. The number of carbonyl (C=O) groups excluding carboxylic acids is 1. The molecule has 0 aliphatic carbocycles. The van der Waals surface area contributed by atoms with Gasteiger partial charge in [-0.1, -0.05) is 6.92 Å². The van der Waals surface area contributed by atoms with Crippen molar-refractivity contribution in [3.63, 3.8) is 0 Å². The number of aldehydes is 1. The highest BCUT2D eigenvalue weighted by atomic mass is 32.1. The maximum Gasteiger partial charge on any atom is 0.310 e. The van der Waals surface area contributed by atoms with E-state index in [1.807, 2.05) is 12.3 Å². The number of benzene rings is 1. The zero-order valence-electron chi connectivity index (χ0n) is 10.7. The smallest absolute Gasteiger partial charge is 0.310 e. The summed E-state index contributed by atoms with van der Waals surface area (Å²) in [6.07, 6.45) is 1.46. The van der Waals surface area contributed by atoms with E-state index in [4.69, 9.17) is 4.74 Å². The van der Waals surface area contributed by atoms with Crippen molar-refractivity contribution in [1.82, 2.24) is 4.98 Å². The van der Waals surface area contributed by atoms with Crippen molar-refractivity contribution < 1.29 is 14.5 Å². The molecule has 1 aromatic heterocycles. The van der Waals surface area contributed by atoms with Crippen LogP contribution < -0.4 is 4.74 Å². The molecule has 0 saturated heterocycles. The second kappa shape index (κ2) is 6.25. The zero-order chi connectivity index (χ0) is 14.5. The Balaban J connectivity index is 2.18. The zero-order valence-corrected chi connectivity index (χ0v) is 11.6. The fourth-order valence-corrected chi connectivity index (χ4v) is 2.33. The van der Waals surface area contributed by atoms with Gasteiger partial charge in [0.25, 0.3) is 0 Å². The number of aromatic nitrogens is 1. The van der Waals surface area contributed by atoms with Gasteiger partial charge in [-0.3, -0.25) is 14.9 Å². The van der Waals surface area contributed by atoms with E-state index in [1.165, 1.54) is 29.5 Å². The van der Waals surface area contributed by atoms with Crippen LogP contribution in [0.15, 0.2) is 23.6 Å². The number of hydrogen-bond donors (Lipinski definition) is 0. The van der Waals surface area contributed by atoms with Crippen molar-refractivity contribution in [3.8, 4) is 5.75 Å². The molecule has 0 radical (unpaired) electrons. The van der Waals surface area contributed by atoms with E-state index in [-0.39, 0.29) is 18.0 Å². The summed E-state index contributed by atoms with van der Waals surface area (Å²) in [6.45, 7) is 2.14. The molecule has 0 spiro atoms. The van der Waals surface area contributed by atoms with Crippen molar-refractivity contribution in [1.29, 1.82) is 0 Å². The lowest BCUT2D eigenvalue weighted by Crippen LogP contribution is -2.00. The number of ether oxygens (including phenoxy) is 1. The minimum absolute atomic E-state index is 0.0747. The van der Waals surface area contributed by atoms with Crippen LogP contribution in [0.25, 0.3) is 0 Å². The van der Waals surface area contributed by atoms with Crippen molar-refractivity contribution >= 4 is 23.3 Å². The van der Waals surface area contributed by atoms with Crippen LogP contribution in [0.2, 0.25) is 0 Å². The van der Waals surface area contributed by atoms with Crippen molar-refractivity contribution in [3.05, 3.63) is 50.0 Å². The van der Waals surface area contributed by atoms with E-state index in [2.05, 4.69) is 4.98 Å². The van der Waals surface area contributed by atoms with E-state index in [0.717, 1.165) is 17.1 Å². The van der Waals surface area contributed by atoms with Crippen molar-refractivity contribution in [2.24, 2.45) is 0 Å². The van der Waals surface area contributed by atoms with Gasteiger partial charge in [0.1, 0.15) is 12.9 Å². The lowest BCUT2D eigenvalue weighted by molar-refractivity contribution is -0.385. The van der Waals surface area contributed by atoms with Gasteiger partial charge in [-0.05, 0) is 18.6 Å². The van der Waals surface area contributed by atoms with E-state index in [9.17, 15) is 14.9 Å². The van der Waals surface area contributed by atoms with Crippen LogP contribution in [-0.2, 0) is 13.0 Å². The summed E-state index contributed by atoms with van der Waals surface area (Å²) in [5, 5.41) is 13.7. The largest absolute Gasteiger partial charge is 0.480 e. The third-order valence-electron chi connectivity index (χ3n) is 2.59. The SMILES string of the molecule is CCc1nc(COc2cc(C=O)ccc2[N+](=O)[O-])cs1. The topological polar surface area (TPSA) is 82.3 Å². The lowest BCUT2D eigenvalue weighted by Gasteiger charge is -2.05. The van der Waals surface area contributed by atoms with E-state index in [1.54, 1.807) is 0 Å². The average Bonchev–Trinajstić information content (AvgIpc) is 2.92. The first-order valence-electron chi connectivity index (χ1n) is 5.93. The number of aryl methyl sites for hydroxylation is 1. The summed E-state index contributed by atoms with van der Waals surface area (Å²) in [7, 11) is 0. The second-order valence-corrected chi connectivity index (χ2v) is 4.92. The van der Waals surface area contributed by atoms with Crippen molar-refractivity contribution in [2.45, 2.75) is 20.0 Å². The quantitative estimate of drug-likeness (QED) is 0.464. The molecule has 0 bridgehead atoms. The lowest BCUT2D eigenvalue weighted by atomic mass is 10.2. The molecule has 0 atom stereocenters. The van der Waals surface area contributed by atoms with Crippen LogP contribution in [0.1, 0.15) is 28.0 Å². The number of rotatable bonds is 6. The number of carbonyl (C=O) groups is 1. The number of nitro groups is 1. The Morgan fingerprint density at radius 2 is 2.30 bits per heavy atom. The Labute approximate surface area is 119 Å². The first-order chi connectivity index (χ1) is 9.63. The van der Waals surface area contributed by atoms with Gasteiger partial charge in [0.15, 0.2) is 5.75 Å². The molecule has 0 saturated carbocycles. The highest BCUT2D eigenvalue weighted by Crippen LogP contribution is 2.28. The molecule has 0 amide bonds. The number of nitro benzene ring substituents is 1. The molecule has 0 fully saturated rings. The van der Waals surface area contributed by atoms with E-state index < -0.39 is 4.92 Å². The summed E-state index contributed by atoms with van der Waals surface area (Å²) < 4.78 is 5.43. The fraction of sp³-hybridized carbons (Fsp3) is 0.231. The van der Waals surface area contributed by atoms with E-state index in [0.29, 0.717) is 11.8 Å². The van der Waals surface area contributed by atoms with Gasteiger partial charge in [-0.25, -0.2) is 4.98 Å². The van der Waals surface area contributed by atoms with Crippen LogP contribution in [0.5, 0.6) is 5.75 Å². The molecule has 2 rings (SSSR count). The molecule has 0 unspecified atom stereocenters. The van der Waals surface area contributed by atoms with Gasteiger partial charge in [0.05, 0.1) is 15.6 Å². The maximum atomic E-state index is 10.9. The summed E-state index contributed by atoms with van der Waals surface area (Å²) in [6, 6.07) is 4.01. The van der Waals surface area contributed by atoms with Gasteiger partial charge >= 0.3 is 5.69 Å². The van der Waals surface area contributed by atoms with Gasteiger partial charge < -0.3 is 4.74 Å². The molecular formula is C13H12N2O4S. The van der Waals surface area contributed by atoms with Crippen LogP contribution >= 0.6 is 11.3 Å². The first-order valence-corrected chi connectivity index (χ1v) is 6.81. The predicted octanol–water partition coefficient (Wildman–Crippen LogP) is 3.01. The Morgan fingerprint density at radius 3 is 2.90 bits per heavy atom. The summed E-state index contributed by atoms with van der Waals surface area (Å²) in [5.74, 6) is 0.0747. The number of thiazole rings is 1. The molecule has 0 N–H and O–H groups in total. The van der Waals surface area contributed by atoms with Gasteiger partial charge in [-0.2, -0.15) is 0 Å². The van der Waals surface area contributed by atoms with Crippen LogP contribution in [0, 0.1) is 10.1 Å². The Morgan fingerprint density at radius 1 is 1.50 bits per heavy atom. The van der Waals surface area contributed by atoms with Crippen molar-refractivity contribution in [2.75, 3.05) is 0 Å². The van der Waals surface area contributed by atoms with Gasteiger partial charge in [0, 0.05) is 17.0 Å². The monoisotopic (exact) mass is 292 g/mol. The molecule has 104 valence electrons. The Hall–Kier alpha value is -2.28. The molecule has 6 nitrogen and oxygen atoms in total. The fourth-order valence-electron chi connectivity index (χ4n) is 1.60. The van der Waals surface area contributed by atoms with Gasteiger partial charge in [0.2, 0.25) is 0 Å². The van der Waals surface area contributed by atoms with E-state index >= 15 is 0 Å². The number of nitrogens with zero attached hydrogens (tertiary/aromatic N) is 2. The summed E-state index contributed by atoms with van der Waals surface area (Å²) in [5.41, 5.74) is 0.886. The standard InChI is InChI=1S/C13H12N2O4S/c1-2-13-14-10(8-20-13)7-19-12-5-9(6-16)3-4-11(12)15(17)18/h3-6,8H,2,7H2,1H3. The van der Waals surface area contributed by atoms with Crippen LogP contribution in [0.3, 0.4) is 0 Å². The normalized spacial score (nSPS) is 10.2. The van der Waals surface area contributed by atoms with Gasteiger partial charge in [-0.15, -0.1) is 11.3 Å². The molecule has 0 aliphatic heterocycles. The molecule has 20 heavy (non-hydrogen) atoms. The molecule has 0 aliphatic rings. The predicted molar refractivity (Wildman–Crippen MR) is 74.3 cm³/mol. The molecule has 2 aromatic rings. The third-order valence-corrected chi connectivity index (χ3v) is 3.64. The second-order valence-electron chi connectivity index (χ2n) is 3.98. The number of hydrogen-bond acceptors (Lipinski definition) is 6. The Bertz CT molecular complexity index is 639. The molecule has 1 aromatic carbocycles. The molecular weight excluding hydrogens is 280 g/mol. The molecule has 7 heteroatoms. The van der Waals surface area contributed by atoms with Crippen LogP contribution in [-0.4, -0.2) is 16.2 Å². The maximum absolute atomic E-state index is 10.9. The summed E-state index contributed by atoms with van der Waals surface area (Å²) >= 11 is 1.52. The molecule has 1 heterocycles. The minimum atomic E-state index is -0.539. The third kappa shape index (κ3) is 3.18. The van der Waals surface area contributed by atoms with Crippen LogP contribution in [0.4, 0.5) is 5.69 Å². The summed E-state index contributed by atoms with van der Waals surface area (Å²) in [4.78, 5) is 25.4.